The maximum Gasteiger partial charge on any atom is 0.115 e. The molecule has 0 spiro atoms. The number of hydrogen-bond acceptors (Lipinski definition) is 1. The van der Waals surface area contributed by atoms with Crippen LogP contribution in [0.5, 0.6) is 5.75 Å². The lowest BCUT2D eigenvalue weighted by Gasteiger charge is -1.89. The Hall–Kier alpha value is -0.763. The van der Waals surface area contributed by atoms with Crippen LogP contribution in [0.3, 0.4) is 0 Å². The second-order valence-corrected chi connectivity index (χ2v) is 2.99. The van der Waals surface area contributed by atoms with Gasteiger partial charge in [-0.3, -0.25) is 0 Å². The van der Waals surface area contributed by atoms with E-state index in [0.29, 0.717) is 5.75 Å². The second-order valence-electron chi connectivity index (χ2n) is 1.84. The van der Waals surface area contributed by atoms with Crippen LogP contribution in [0.4, 0.5) is 0 Å². The Kier molecular flexibility index (Phi) is 1.35. The highest BCUT2D eigenvalue weighted by Gasteiger charge is 1.82. The van der Waals surface area contributed by atoms with Crippen LogP contribution in [-0.2, 0) is 0 Å². The summed E-state index contributed by atoms with van der Waals surface area (Å²) in [6, 6.07) is 7.29. The van der Waals surface area contributed by atoms with E-state index in [-0.39, 0.29) is 0 Å². The summed E-state index contributed by atoms with van der Waals surface area (Å²) in [5, 5.41) is 10.1. The SMILES string of the molecule is Oc1ccc([SiH3])cc1. The lowest BCUT2D eigenvalue weighted by molar-refractivity contribution is 0.475. The summed E-state index contributed by atoms with van der Waals surface area (Å²) in [5.41, 5.74) is 0. The molecule has 0 radical (unpaired) electrons. The van der Waals surface area contributed by atoms with Crippen LogP contribution in [0.15, 0.2) is 24.3 Å². The lowest BCUT2D eigenvalue weighted by atomic mass is 10.3. The summed E-state index contributed by atoms with van der Waals surface area (Å²) in [4.78, 5) is 0. The molecule has 0 unspecified atom stereocenters. The molecule has 0 fully saturated rings. The van der Waals surface area contributed by atoms with Crippen LogP contribution in [0.25, 0.3) is 0 Å². The molecule has 0 atom stereocenters. The van der Waals surface area contributed by atoms with Crippen molar-refractivity contribution in [2.24, 2.45) is 0 Å². The Labute approximate surface area is 51.4 Å². The third-order valence-electron chi connectivity index (χ3n) is 1.03. The maximum atomic E-state index is 8.77. The minimum absolute atomic E-state index is 0.351. The van der Waals surface area contributed by atoms with Crippen molar-refractivity contribution in [3.8, 4) is 5.75 Å². The fourth-order valence-electron chi connectivity index (χ4n) is 0.545. The van der Waals surface area contributed by atoms with Crippen molar-refractivity contribution >= 4 is 15.4 Å². The highest BCUT2D eigenvalue weighted by atomic mass is 28.1. The molecule has 42 valence electrons. The highest BCUT2D eigenvalue weighted by Crippen LogP contribution is 2.01. The van der Waals surface area contributed by atoms with Crippen molar-refractivity contribution in [3.05, 3.63) is 24.3 Å². The fraction of sp³-hybridized carbons (Fsp3) is 0. The first-order chi connectivity index (χ1) is 3.79. The second kappa shape index (κ2) is 2.00. The van der Waals surface area contributed by atoms with Crippen molar-refractivity contribution in [1.29, 1.82) is 0 Å². The molecule has 1 nitrogen and oxygen atoms in total. The normalized spacial score (nSPS) is 9.50. The number of hydrogen-bond donors (Lipinski definition) is 1. The first-order valence-corrected chi connectivity index (χ1v) is 3.54. The van der Waals surface area contributed by atoms with Crippen LogP contribution >= 0.6 is 0 Å². The number of benzene rings is 1. The monoisotopic (exact) mass is 124 g/mol. The van der Waals surface area contributed by atoms with Crippen molar-refractivity contribution in [1.82, 2.24) is 0 Å². The molecular weight excluding hydrogens is 116 g/mol. The minimum Gasteiger partial charge on any atom is -0.508 e. The van der Waals surface area contributed by atoms with Crippen molar-refractivity contribution in [2.45, 2.75) is 0 Å². The van der Waals surface area contributed by atoms with Gasteiger partial charge in [0.25, 0.3) is 0 Å². The quantitative estimate of drug-likeness (QED) is 0.457. The van der Waals surface area contributed by atoms with Crippen LogP contribution in [0.1, 0.15) is 0 Å². The first-order valence-electron chi connectivity index (χ1n) is 2.54. The van der Waals surface area contributed by atoms with Gasteiger partial charge in [-0.25, -0.2) is 0 Å². The van der Waals surface area contributed by atoms with Crippen molar-refractivity contribution in [2.75, 3.05) is 0 Å². The van der Waals surface area contributed by atoms with E-state index in [1.54, 1.807) is 12.1 Å². The largest absolute Gasteiger partial charge is 0.508 e. The third kappa shape index (κ3) is 1.10. The van der Waals surface area contributed by atoms with E-state index < -0.39 is 0 Å². The Morgan fingerprint density at radius 2 is 1.62 bits per heavy atom. The summed E-state index contributed by atoms with van der Waals surface area (Å²) in [7, 11) is 1.06. The maximum absolute atomic E-state index is 8.77. The van der Waals surface area contributed by atoms with Gasteiger partial charge in [-0.1, -0.05) is 17.3 Å². The molecule has 0 saturated heterocycles. The smallest absolute Gasteiger partial charge is 0.115 e. The van der Waals surface area contributed by atoms with Gasteiger partial charge in [0.1, 0.15) is 5.75 Å². The van der Waals surface area contributed by atoms with E-state index in [2.05, 4.69) is 0 Å². The minimum atomic E-state index is 0.351. The zero-order valence-corrected chi connectivity index (χ0v) is 6.76. The molecule has 0 aliphatic rings. The molecule has 2 heteroatoms. The van der Waals surface area contributed by atoms with E-state index in [9.17, 15) is 0 Å². The van der Waals surface area contributed by atoms with Gasteiger partial charge in [0.05, 0.1) is 0 Å². The summed E-state index contributed by atoms with van der Waals surface area (Å²) in [5.74, 6) is 0.351. The Balaban J connectivity index is 3.03. The molecule has 1 aromatic rings. The molecule has 0 aliphatic carbocycles. The molecule has 8 heavy (non-hydrogen) atoms. The zero-order valence-electron chi connectivity index (χ0n) is 4.76. The fourth-order valence-corrected chi connectivity index (χ4v) is 0.878. The van der Waals surface area contributed by atoms with Gasteiger partial charge in [-0.15, -0.1) is 0 Å². The van der Waals surface area contributed by atoms with Gasteiger partial charge in [-0.05, 0) is 12.1 Å². The molecule has 0 heterocycles. The zero-order chi connectivity index (χ0) is 5.98. The predicted molar refractivity (Wildman–Crippen MR) is 37.7 cm³/mol. The molecule has 0 bridgehead atoms. The number of rotatable bonds is 0. The molecule has 0 saturated carbocycles. The van der Waals surface area contributed by atoms with Crippen molar-refractivity contribution in [3.63, 3.8) is 0 Å². The van der Waals surface area contributed by atoms with Gasteiger partial charge in [0.15, 0.2) is 0 Å². The average molecular weight is 124 g/mol. The van der Waals surface area contributed by atoms with E-state index in [4.69, 9.17) is 5.11 Å². The molecule has 0 amide bonds. The van der Waals surface area contributed by atoms with Gasteiger partial charge in [0, 0.05) is 10.2 Å². The lowest BCUT2D eigenvalue weighted by Crippen LogP contribution is -1.97. The Bertz CT molecular complexity index is 147. The van der Waals surface area contributed by atoms with E-state index in [0.717, 1.165) is 10.2 Å². The summed E-state index contributed by atoms with van der Waals surface area (Å²) >= 11 is 0. The van der Waals surface area contributed by atoms with E-state index >= 15 is 0 Å². The number of aromatic hydroxyl groups is 1. The molecule has 1 aromatic carbocycles. The molecule has 0 aliphatic heterocycles. The molecular formula is C6H8OSi. The van der Waals surface area contributed by atoms with Gasteiger partial charge >= 0.3 is 0 Å². The number of phenolic OH excluding ortho intramolecular Hbond substituents is 1. The summed E-state index contributed by atoms with van der Waals surface area (Å²) < 4.78 is 0. The first kappa shape index (κ1) is 5.38. The standard InChI is InChI=1S/C6H8OSi/c7-5-1-3-6(8)4-2-5/h1-4,7H,8H3. The van der Waals surface area contributed by atoms with Gasteiger partial charge < -0.3 is 5.11 Å². The third-order valence-corrected chi connectivity index (χ3v) is 1.70. The summed E-state index contributed by atoms with van der Waals surface area (Å²) in [6.07, 6.45) is 0. The average Bonchev–Trinajstić information content (AvgIpc) is 1.77. The van der Waals surface area contributed by atoms with Crippen LogP contribution < -0.4 is 5.19 Å². The predicted octanol–water partition coefficient (Wildman–Crippen LogP) is -0.617. The molecule has 0 aromatic heterocycles. The Morgan fingerprint density at radius 1 is 1.12 bits per heavy atom. The van der Waals surface area contributed by atoms with E-state index in [1.807, 2.05) is 12.1 Å². The van der Waals surface area contributed by atoms with E-state index in [1.165, 1.54) is 5.19 Å². The summed E-state index contributed by atoms with van der Waals surface area (Å²) in [6.45, 7) is 0. The molecule has 1 N–H and O–H groups in total. The molecule has 1 rings (SSSR count). The van der Waals surface area contributed by atoms with Crippen LogP contribution in [-0.4, -0.2) is 15.3 Å². The van der Waals surface area contributed by atoms with Crippen LogP contribution in [0, 0.1) is 0 Å². The topological polar surface area (TPSA) is 20.2 Å². The van der Waals surface area contributed by atoms with Crippen LogP contribution in [0.2, 0.25) is 0 Å². The highest BCUT2D eigenvalue weighted by molar-refractivity contribution is 6.32. The van der Waals surface area contributed by atoms with Gasteiger partial charge in [0.2, 0.25) is 0 Å². The Morgan fingerprint density at radius 3 is 2.00 bits per heavy atom. The number of phenols is 1. The van der Waals surface area contributed by atoms with Crippen molar-refractivity contribution < 1.29 is 5.11 Å². The van der Waals surface area contributed by atoms with Gasteiger partial charge in [-0.2, -0.15) is 0 Å².